The monoisotopic (exact) mass is 224 g/mol. The normalized spacial score (nSPS) is 37.8. The smallest absolute Gasteiger partial charge is 0.228 e. The summed E-state index contributed by atoms with van der Waals surface area (Å²) >= 11 is 0. The number of carbonyl (C=O) groups excluding carboxylic acids is 1. The van der Waals surface area contributed by atoms with Crippen LogP contribution in [0.2, 0.25) is 0 Å². The summed E-state index contributed by atoms with van der Waals surface area (Å²) < 4.78 is 5.72. The lowest BCUT2D eigenvalue weighted by molar-refractivity contribution is -0.165. The molecule has 0 aromatic rings. The molecule has 16 heavy (non-hydrogen) atoms. The van der Waals surface area contributed by atoms with Gasteiger partial charge in [-0.1, -0.05) is 0 Å². The Hall–Kier alpha value is -0.610. The van der Waals surface area contributed by atoms with Crippen LogP contribution in [0.4, 0.5) is 0 Å². The predicted octanol–water partition coefficient (Wildman–Crippen LogP) is 0.0892. The van der Waals surface area contributed by atoms with Gasteiger partial charge in [-0.3, -0.25) is 4.79 Å². The average Bonchev–Trinajstić information content (AvgIpc) is 2.23. The van der Waals surface area contributed by atoms with E-state index in [-0.39, 0.29) is 5.92 Å². The number of nitrogens with one attached hydrogen (secondary N) is 1. The van der Waals surface area contributed by atoms with E-state index < -0.39 is 0 Å². The van der Waals surface area contributed by atoms with E-state index in [0.29, 0.717) is 23.8 Å². The molecule has 1 aliphatic carbocycles. The Bertz CT molecular complexity index is 279. The van der Waals surface area contributed by atoms with Gasteiger partial charge in [0.2, 0.25) is 5.91 Å². The van der Waals surface area contributed by atoms with E-state index in [9.17, 15) is 4.79 Å². The van der Waals surface area contributed by atoms with Crippen molar-refractivity contribution in [2.75, 3.05) is 32.8 Å². The summed E-state index contributed by atoms with van der Waals surface area (Å²) in [5, 5.41) is 3.16. The maximum atomic E-state index is 12.1. The second kappa shape index (κ2) is 4.00. The maximum Gasteiger partial charge on any atom is 0.228 e. The molecule has 90 valence electrons. The summed E-state index contributed by atoms with van der Waals surface area (Å²) in [6, 6.07) is 0. The average molecular weight is 224 g/mol. The Balaban J connectivity index is 1.56. The number of rotatable bonds is 3. The lowest BCUT2D eigenvalue weighted by atomic mass is 9.67. The van der Waals surface area contributed by atoms with Crippen LogP contribution < -0.4 is 5.32 Å². The molecule has 0 aromatic carbocycles. The first-order valence-corrected chi connectivity index (χ1v) is 6.40. The molecule has 4 nitrogen and oxygen atoms in total. The van der Waals surface area contributed by atoms with Gasteiger partial charge in [0.15, 0.2) is 0 Å². The third kappa shape index (κ3) is 1.55. The summed E-state index contributed by atoms with van der Waals surface area (Å²) in [5.41, 5.74) is 0. The highest BCUT2D eigenvalue weighted by Gasteiger charge is 2.49. The molecule has 4 aliphatic rings. The van der Waals surface area contributed by atoms with Gasteiger partial charge < -0.3 is 15.0 Å². The van der Waals surface area contributed by atoms with Crippen LogP contribution in [0.15, 0.2) is 0 Å². The molecule has 1 amide bonds. The predicted molar refractivity (Wildman–Crippen MR) is 60.0 cm³/mol. The van der Waals surface area contributed by atoms with Crippen molar-refractivity contribution < 1.29 is 9.53 Å². The molecule has 3 heterocycles. The van der Waals surface area contributed by atoms with Crippen LogP contribution in [0.3, 0.4) is 0 Å². The van der Waals surface area contributed by atoms with E-state index in [0.717, 1.165) is 32.8 Å². The minimum atomic E-state index is 0.253. The molecule has 3 aliphatic heterocycles. The number of nitrogens with zero attached hydrogens (tertiary/aromatic N) is 1. The second-order valence-corrected chi connectivity index (χ2v) is 5.27. The first-order chi connectivity index (χ1) is 7.79. The highest BCUT2D eigenvalue weighted by molar-refractivity contribution is 5.80. The van der Waals surface area contributed by atoms with Crippen molar-refractivity contribution >= 4 is 5.91 Å². The fraction of sp³-hybridized carbons (Fsp3) is 0.917. The molecule has 2 atom stereocenters. The summed E-state index contributed by atoms with van der Waals surface area (Å²) in [7, 11) is 0. The van der Waals surface area contributed by atoms with Crippen molar-refractivity contribution in [2.24, 2.45) is 17.8 Å². The Labute approximate surface area is 96.3 Å². The third-order valence-corrected chi connectivity index (χ3v) is 4.25. The molecule has 3 saturated heterocycles. The Morgan fingerprint density at radius 1 is 1.38 bits per heavy atom. The minimum absolute atomic E-state index is 0.253. The van der Waals surface area contributed by atoms with Crippen molar-refractivity contribution in [3.8, 4) is 0 Å². The first-order valence-electron chi connectivity index (χ1n) is 6.40. The molecule has 0 spiro atoms. The SMILES string of the molecule is CCOC1[C@H]2C[C@H]1CN(C(=O)C1CNC1)C2. The topological polar surface area (TPSA) is 41.6 Å². The Kier molecular flexibility index (Phi) is 2.64. The lowest BCUT2D eigenvalue weighted by Crippen LogP contribution is -2.63. The number of amides is 1. The van der Waals surface area contributed by atoms with E-state index in [1.165, 1.54) is 6.42 Å². The largest absolute Gasteiger partial charge is 0.378 e. The van der Waals surface area contributed by atoms with Gasteiger partial charge in [0.1, 0.15) is 0 Å². The van der Waals surface area contributed by atoms with Crippen LogP contribution in [0.5, 0.6) is 0 Å². The van der Waals surface area contributed by atoms with Gasteiger partial charge >= 0.3 is 0 Å². The van der Waals surface area contributed by atoms with E-state index in [2.05, 4.69) is 17.1 Å². The molecular weight excluding hydrogens is 204 g/mol. The van der Waals surface area contributed by atoms with Gasteiger partial charge in [-0.2, -0.15) is 0 Å². The number of hydrogen-bond donors (Lipinski definition) is 1. The number of piperidine rings is 2. The standard InChI is InChI=1S/C12H20N2O2/c1-2-16-11-8-3-9(11)7-14(6-8)12(15)10-4-13-5-10/h8-11,13H,2-7H2,1H3/t8-,9-/m0/s1. The van der Waals surface area contributed by atoms with Crippen LogP contribution >= 0.6 is 0 Å². The van der Waals surface area contributed by atoms with Crippen LogP contribution in [0.25, 0.3) is 0 Å². The van der Waals surface area contributed by atoms with Gasteiger partial charge in [-0.25, -0.2) is 0 Å². The molecule has 0 aromatic heterocycles. The van der Waals surface area contributed by atoms with Gasteiger partial charge in [0.05, 0.1) is 12.0 Å². The van der Waals surface area contributed by atoms with Crippen LogP contribution in [0.1, 0.15) is 13.3 Å². The molecule has 1 N–H and O–H groups in total. The van der Waals surface area contributed by atoms with Crippen molar-refractivity contribution in [3.05, 3.63) is 0 Å². The Morgan fingerprint density at radius 2 is 2.06 bits per heavy atom. The fourth-order valence-electron chi connectivity index (χ4n) is 3.21. The second-order valence-electron chi connectivity index (χ2n) is 5.27. The maximum absolute atomic E-state index is 12.1. The first kappa shape index (κ1) is 10.5. The van der Waals surface area contributed by atoms with Gasteiger partial charge in [-0.05, 0) is 13.3 Å². The zero-order valence-electron chi connectivity index (χ0n) is 9.82. The molecule has 4 fully saturated rings. The van der Waals surface area contributed by atoms with Crippen molar-refractivity contribution in [1.29, 1.82) is 0 Å². The van der Waals surface area contributed by atoms with Gasteiger partial charge in [-0.15, -0.1) is 0 Å². The molecule has 4 rings (SSSR count). The number of carbonyl (C=O) groups is 1. The van der Waals surface area contributed by atoms with Gasteiger partial charge in [0.25, 0.3) is 0 Å². The molecule has 4 heteroatoms. The van der Waals surface area contributed by atoms with Crippen molar-refractivity contribution in [2.45, 2.75) is 19.4 Å². The minimum Gasteiger partial charge on any atom is -0.378 e. The quantitative estimate of drug-likeness (QED) is 0.738. The summed E-state index contributed by atoms with van der Waals surface area (Å²) in [6.45, 7) is 6.46. The van der Waals surface area contributed by atoms with Gasteiger partial charge in [0, 0.05) is 44.6 Å². The molecule has 0 radical (unpaired) electrons. The molecule has 2 bridgehead atoms. The zero-order chi connectivity index (χ0) is 11.1. The summed E-state index contributed by atoms with van der Waals surface area (Å²) in [4.78, 5) is 14.1. The van der Waals surface area contributed by atoms with Crippen molar-refractivity contribution in [3.63, 3.8) is 0 Å². The summed E-state index contributed by atoms with van der Waals surface area (Å²) in [5.74, 6) is 1.83. The fourth-order valence-corrected chi connectivity index (χ4v) is 3.21. The van der Waals surface area contributed by atoms with Crippen LogP contribution in [0, 0.1) is 17.8 Å². The summed E-state index contributed by atoms with van der Waals surface area (Å²) in [6.07, 6.45) is 1.70. The number of ether oxygens (including phenoxy) is 1. The highest BCUT2D eigenvalue weighted by atomic mass is 16.5. The van der Waals surface area contributed by atoms with E-state index in [4.69, 9.17) is 4.74 Å². The van der Waals surface area contributed by atoms with Crippen LogP contribution in [-0.2, 0) is 9.53 Å². The lowest BCUT2D eigenvalue weighted by Gasteiger charge is -2.53. The van der Waals surface area contributed by atoms with E-state index >= 15 is 0 Å². The van der Waals surface area contributed by atoms with E-state index in [1.54, 1.807) is 0 Å². The van der Waals surface area contributed by atoms with Crippen LogP contribution in [-0.4, -0.2) is 49.7 Å². The molecule has 0 unspecified atom stereocenters. The number of fused-ring (bicyclic) bond motifs is 2. The molecular formula is C12H20N2O2. The number of hydrogen-bond acceptors (Lipinski definition) is 3. The highest BCUT2D eigenvalue weighted by Crippen LogP contribution is 2.42. The zero-order valence-corrected chi connectivity index (χ0v) is 9.82. The van der Waals surface area contributed by atoms with Crippen molar-refractivity contribution in [1.82, 2.24) is 10.2 Å². The molecule has 1 saturated carbocycles. The van der Waals surface area contributed by atoms with E-state index in [1.807, 2.05) is 0 Å². The Morgan fingerprint density at radius 3 is 2.56 bits per heavy atom. The third-order valence-electron chi connectivity index (χ3n) is 4.25.